The lowest BCUT2D eigenvalue weighted by molar-refractivity contribution is 0.0962. The van der Waals surface area contributed by atoms with Crippen LogP contribution < -0.4 is 0 Å². The molecule has 6 heteroatoms. The van der Waals surface area contributed by atoms with Crippen molar-refractivity contribution >= 4 is 33.1 Å². The predicted octanol–water partition coefficient (Wildman–Crippen LogP) is 5.65. The highest BCUT2D eigenvalue weighted by Crippen LogP contribution is 2.28. The van der Waals surface area contributed by atoms with Crippen molar-refractivity contribution in [3.05, 3.63) is 131 Å². The summed E-state index contributed by atoms with van der Waals surface area (Å²) in [5, 5.41) is 4.76. The number of hydrogen-bond acceptors (Lipinski definition) is 4. The Bertz CT molecular complexity index is 1730. The van der Waals surface area contributed by atoms with Crippen molar-refractivity contribution in [2.45, 2.75) is 25.9 Å². The second kappa shape index (κ2) is 8.92. The molecule has 1 aliphatic carbocycles. The normalized spacial score (nSPS) is 12.7. The van der Waals surface area contributed by atoms with Crippen LogP contribution in [0.5, 0.6) is 0 Å². The molecule has 6 aromatic rings. The van der Waals surface area contributed by atoms with E-state index in [1.807, 2.05) is 33.4 Å². The van der Waals surface area contributed by atoms with Gasteiger partial charge in [0.15, 0.2) is 0 Å². The Balaban J connectivity index is 1.18. The molecular weight excluding hydrogens is 472 g/mol. The van der Waals surface area contributed by atoms with Crippen LogP contribution in [0.4, 0.5) is 0 Å². The average Bonchev–Trinajstić information content (AvgIpc) is 3.59. The first kappa shape index (κ1) is 22.4. The summed E-state index contributed by atoms with van der Waals surface area (Å²) in [6, 6.07) is 29.1. The molecule has 0 atom stereocenters. The summed E-state index contributed by atoms with van der Waals surface area (Å²) in [6.07, 6.45) is 4.66. The molecule has 0 fully saturated rings. The minimum Gasteiger partial charge on any atom is -0.327 e. The van der Waals surface area contributed by atoms with Crippen molar-refractivity contribution in [2.75, 3.05) is 0 Å². The summed E-state index contributed by atoms with van der Waals surface area (Å²) in [4.78, 5) is 35.7. The fourth-order valence-electron chi connectivity index (χ4n) is 5.64. The number of benzene rings is 4. The topological polar surface area (TPSA) is 69.8 Å². The van der Waals surface area contributed by atoms with Crippen molar-refractivity contribution in [2.24, 2.45) is 0 Å². The Labute approximate surface area is 219 Å². The minimum atomic E-state index is -0.289. The highest BCUT2D eigenvalue weighted by atomic mass is 16.1. The lowest BCUT2D eigenvalue weighted by Crippen LogP contribution is -2.26. The van der Waals surface area contributed by atoms with E-state index in [4.69, 9.17) is 0 Å². The van der Waals surface area contributed by atoms with Crippen LogP contribution in [0.25, 0.3) is 21.5 Å². The number of carbonyl (C=O) groups excluding carboxylic acids is 2. The van der Waals surface area contributed by atoms with E-state index in [0.29, 0.717) is 24.5 Å². The third-order valence-corrected chi connectivity index (χ3v) is 7.54. The number of aromatic nitrogens is 4. The lowest BCUT2D eigenvalue weighted by atomic mass is 9.98. The van der Waals surface area contributed by atoms with Gasteiger partial charge in [0, 0.05) is 13.1 Å². The van der Waals surface area contributed by atoms with Gasteiger partial charge in [-0.1, -0.05) is 84.9 Å². The van der Waals surface area contributed by atoms with Crippen molar-refractivity contribution in [1.82, 2.24) is 19.1 Å². The van der Waals surface area contributed by atoms with Crippen LogP contribution in [0, 0.1) is 0 Å². The van der Waals surface area contributed by atoms with Crippen LogP contribution in [0.1, 0.15) is 43.5 Å². The fraction of sp³-hybridized carbons (Fsp3) is 0.125. The molecule has 0 saturated carbocycles. The molecule has 0 bridgehead atoms. The van der Waals surface area contributed by atoms with Crippen LogP contribution >= 0.6 is 0 Å². The zero-order valence-corrected chi connectivity index (χ0v) is 20.7. The molecule has 0 saturated heterocycles. The highest BCUT2D eigenvalue weighted by molar-refractivity contribution is 6.25. The number of nitrogens with zero attached hydrogens (tertiary/aromatic N) is 4. The van der Waals surface area contributed by atoms with Gasteiger partial charge in [-0.2, -0.15) is 0 Å². The Morgan fingerprint density at radius 2 is 0.974 bits per heavy atom. The van der Waals surface area contributed by atoms with Crippen molar-refractivity contribution < 1.29 is 9.59 Å². The molecule has 6 nitrogen and oxygen atoms in total. The first-order chi connectivity index (χ1) is 18.7. The standard InChI is InChI=1S/C32H24N4O2/c37-31-27-29(35(19-33-27)17-15-23-11-5-9-21-7-1-3-13-25(21)23)32(38)30-28(31)34-20-36(30)18-16-24-12-6-10-22-8-2-4-14-26(22)24/h1-14,19-20H,15-18H2. The number of carbonyl (C=O) groups is 2. The van der Waals surface area contributed by atoms with E-state index in [1.165, 1.54) is 32.7 Å². The molecule has 1 aliphatic rings. The number of fused-ring (bicyclic) bond motifs is 4. The molecule has 0 unspecified atom stereocenters. The first-order valence-electron chi connectivity index (χ1n) is 12.8. The Hall–Kier alpha value is -4.84. The molecule has 0 aliphatic heterocycles. The largest absolute Gasteiger partial charge is 0.327 e. The summed E-state index contributed by atoms with van der Waals surface area (Å²) < 4.78 is 3.64. The Morgan fingerprint density at radius 3 is 1.47 bits per heavy atom. The summed E-state index contributed by atoms with van der Waals surface area (Å²) in [5.74, 6) is -0.483. The summed E-state index contributed by atoms with van der Waals surface area (Å²) >= 11 is 0. The first-order valence-corrected chi connectivity index (χ1v) is 12.8. The monoisotopic (exact) mass is 496 g/mol. The average molecular weight is 497 g/mol. The van der Waals surface area contributed by atoms with Gasteiger partial charge in [-0.25, -0.2) is 9.97 Å². The quantitative estimate of drug-likeness (QED) is 0.298. The number of hydrogen-bond donors (Lipinski definition) is 0. The van der Waals surface area contributed by atoms with Crippen LogP contribution in [0.15, 0.2) is 97.6 Å². The van der Waals surface area contributed by atoms with Crippen molar-refractivity contribution in [1.29, 1.82) is 0 Å². The second-order valence-electron chi connectivity index (χ2n) is 9.71. The van der Waals surface area contributed by atoms with Gasteiger partial charge in [-0.05, 0) is 45.5 Å². The highest BCUT2D eigenvalue weighted by Gasteiger charge is 2.37. The second-order valence-corrected chi connectivity index (χ2v) is 9.71. The number of rotatable bonds is 6. The number of ketones is 2. The molecular formula is C32H24N4O2. The van der Waals surface area contributed by atoms with E-state index in [9.17, 15) is 9.59 Å². The fourth-order valence-corrected chi connectivity index (χ4v) is 5.64. The molecule has 2 aromatic heterocycles. The van der Waals surface area contributed by atoms with E-state index in [-0.39, 0.29) is 23.0 Å². The summed E-state index contributed by atoms with van der Waals surface area (Å²) in [6.45, 7) is 1.10. The van der Waals surface area contributed by atoms with Crippen molar-refractivity contribution in [3.63, 3.8) is 0 Å². The SMILES string of the molecule is O=C1c2ncn(CCc3cccc4ccccc34)c2C(=O)c2c1ncn2CCc1cccc2ccccc12. The zero-order chi connectivity index (χ0) is 25.6. The van der Waals surface area contributed by atoms with Gasteiger partial charge < -0.3 is 9.13 Å². The van der Waals surface area contributed by atoms with Gasteiger partial charge in [0.05, 0.1) is 12.7 Å². The van der Waals surface area contributed by atoms with Gasteiger partial charge in [0.25, 0.3) is 0 Å². The molecule has 0 spiro atoms. The van der Waals surface area contributed by atoms with Crippen LogP contribution in [-0.4, -0.2) is 30.7 Å². The summed E-state index contributed by atoms with van der Waals surface area (Å²) in [7, 11) is 0. The van der Waals surface area contributed by atoms with Crippen LogP contribution in [-0.2, 0) is 25.9 Å². The minimum absolute atomic E-state index is 0.194. The van der Waals surface area contributed by atoms with Gasteiger partial charge in [-0.15, -0.1) is 0 Å². The maximum atomic E-state index is 13.8. The third kappa shape index (κ3) is 3.57. The zero-order valence-electron chi connectivity index (χ0n) is 20.7. The molecule has 0 N–H and O–H groups in total. The Kier molecular flexibility index (Phi) is 5.25. The van der Waals surface area contributed by atoms with Crippen LogP contribution in [0.3, 0.4) is 0 Å². The maximum Gasteiger partial charge on any atom is 0.234 e. The van der Waals surface area contributed by atoms with Crippen molar-refractivity contribution in [3.8, 4) is 0 Å². The summed E-state index contributed by atoms with van der Waals surface area (Å²) in [5.41, 5.74) is 3.49. The molecule has 2 heterocycles. The molecule has 7 rings (SSSR count). The van der Waals surface area contributed by atoms with E-state index in [2.05, 4.69) is 70.6 Å². The number of imidazole rings is 2. The molecule has 38 heavy (non-hydrogen) atoms. The van der Waals surface area contributed by atoms with Gasteiger partial charge >= 0.3 is 0 Å². The van der Waals surface area contributed by atoms with E-state index in [1.54, 1.807) is 12.7 Å². The predicted molar refractivity (Wildman–Crippen MR) is 147 cm³/mol. The third-order valence-electron chi connectivity index (χ3n) is 7.54. The Morgan fingerprint density at radius 1 is 0.526 bits per heavy atom. The van der Waals surface area contributed by atoms with Gasteiger partial charge in [0.1, 0.15) is 22.8 Å². The van der Waals surface area contributed by atoms with Gasteiger partial charge in [0.2, 0.25) is 11.6 Å². The molecule has 4 aromatic carbocycles. The van der Waals surface area contributed by atoms with E-state index >= 15 is 0 Å². The molecule has 0 amide bonds. The molecule has 0 radical (unpaired) electrons. The van der Waals surface area contributed by atoms with Gasteiger partial charge in [-0.3, -0.25) is 9.59 Å². The lowest BCUT2D eigenvalue weighted by Gasteiger charge is -2.16. The number of aryl methyl sites for hydroxylation is 4. The van der Waals surface area contributed by atoms with Crippen LogP contribution in [0.2, 0.25) is 0 Å². The maximum absolute atomic E-state index is 13.8. The van der Waals surface area contributed by atoms with E-state index < -0.39 is 0 Å². The smallest absolute Gasteiger partial charge is 0.234 e. The molecule has 184 valence electrons. The van der Waals surface area contributed by atoms with E-state index in [0.717, 1.165) is 12.8 Å².